The molecule has 2 amide bonds. The fraction of sp³-hybridized carbons (Fsp3) is 0.375. The van der Waals surface area contributed by atoms with Crippen LogP contribution in [0.5, 0.6) is 0 Å². The average Bonchev–Trinajstić information content (AvgIpc) is 3.32. The minimum absolute atomic E-state index is 0.0689. The van der Waals surface area contributed by atoms with Crippen LogP contribution in [0.2, 0.25) is 0 Å². The van der Waals surface area contributed by atoms with E-state index in [9.17, 15) is 32.5 Å². The van der Waals surface area contributed by atoms with Crippen molar-refractivity contribution in [1.82, 2.24) is 24.4 Å². The molecule has 2 aromatic rings. The van der Waals surface area contributed by atoms with Gasteiger partial charge in [0.1, 0.15) is 17.6 Å². The number of β-lactam (4-membered cyclic amide) rings is 1. The summed E-state index contributed by atoms with van der Waals surface area (Å²) in [6, 6.07) is -1.26. The number of anilines is 2. The number of aliphatic carboxylic acids is 1. The Balaban J connectivity index is 1.89. The lowest BCUT2D eigenvalue weighted by atomic mass is 9.98. The van der Waals surface area contributed by atoms with Gasteiger partial charge in [0, 0.05) is 11.6 Å². The van der Waals surface area contributed by atoms with Gasteiger partial charge in [-0.3, -0.25) is 18.8 Å². The van der Waals surface area contributed by atoms with Gasteiger partial charge in [-0.1, -0.05) is 5.16 Å². The van der Waals surface area contributed by atoms with Crippen LogP contribution in [-0.4, -0.2) is 78.3 Å². The fourth-order valence-corrected chi connectivity index (χ4v) is 4.24. The van der Waals surface area contributed by atoms with Crippen molar-refractivity contribution in [1.29, 1.82) is 0 Å². The molecule has 16 nitrogen and oxygen atoms in total. The zero-order valence-electron chi connectivity index (χ0n) is 17.6. The van der Waals surface area contributed by atoms with Crippen LogP contribution in [-0.2, 0) is 36.1 Å². The number of carboxylic acids is 1. The van der Waals surface area contributed by atoms with Gasteiger partial charge in [-0.05, 0) is 19.9 Å². The first kappa shape index (κ1) is 24.9. The quantitative estimate of drug-likeness (QED) is 0.108. The van der Waals surface area contributed by atoms with Gasteiger partial charge in [0.05, 0.1) is 12.6 Å². The van der Waals surface area contributed by atoms with Crippen molar-refractivity contribution in [2.45, 2.75) is 38.1 Å². The highest BCUT2D eigenvalue weighted by molar-refractivity contribution is 7.84. The molecule has 0 spiro atoms. The van der Waals surface area contributed by atoms with E-state index in [1.54, 1.807) is 0 Å². The molecule has 0 aliphatic carbocycles. The van der Waals surface area contributed by atoms with Crippen molar-refractivity contribution in [3.05, 3.63) is 23.3 Å². The number of oxime groups is 1. The standard InChI is InChI=1S/C16H20N8O8S2/c1-16(2,14(27)28)32-22-10(7-6-33-15(18)19-7)12(25)20-11-8(5-23-4-3-9(17)21-23)24(13(11)26)34(29,30)31/h3-4,6,8,11H,5H2,1-2H3,(H2,17,21)(H2,18,19)(H,20,25)(H,27,28)(H,29,30,31). The molecule has 3 rings (SSSR count). The number of rotatable bonds is 9. The Bertz CT molecular complexity index is 1270. The molecule has 2 atom stereocenters. The summed E-state index contributed by atoms with van der Waals surface area (Å²) in [6.45, 7) is 2.14. The van der Waals surface area contributed by atoms with Crippen LogP contribution in [0.4, 0.5) is 10.9 Å². The predicted molar refractivity (Wildman–Crippen MR) is 117 cm³/mol. The van der Waals surface area contributed by atoms with Gasteiger partial charge in [0.2, 0.25) is 5.60 Å². The molecule has 2 aromatic heterocycles. The molecule has 7 N–H and O–H groups in total. The predicted octanol–water partition coefficient (Wildman–Crippen LogP) is -1.71. The van der Waals surface area contributed by atoms with E-state index in [1.807, 2.05) is 0 Å². The maximum atomic E-state index is 13.0. The number of nitrogens with two attached hydrogens (primary N) is 2. The number of carboxylic acid groups (broad SMARTS) is 1. The lowest BCUT2D eigenvalue weighted by molar-refractivity contribution is -0.161. The Labute approximate surface area is 196 Å². The molecule has 1 fully saturated rings. The van der Waals surface area contributed by atoms with E-state index in [1.165, 1.54) is 36.2 Å². The van der Waals surface area contributed by atoms with Gasteiger partial charge in [-0.15, -0.1) is 11.3 Å². The SMILES string of the molecule is CC(C)(ON=C(C(=O)NC1C(=O)N(S(=O)(=O)O)C1Cn1ccc(N)n1)c1csc(N)n1)C(=O)O. The van der Waals surface area contributed by atoms with E-state index >= 15 is 0 Å². The third-order valence-electron chi connectivity index (χ3n) is 4.60. The monoisotopic (exact) mass is 516 g/mol. The molecular weight excluding hydrogens is 496 g/mol. The summed E-state index contributed by atoms with van der Waals surface area (Å²) in [5, 5.41) is 20.4. The Kier molecular flexibility index (Phi) is 6.49. The zero-order chi connectivity index (χ0) is 25.4. The summed E-state index contributed by atoms with van der Waals surface area (Å²) in [7, 11) is -4.94. The fourth-order valence-electron chi connectivity index (χ4n) is 2.82. The number of carbonyl (C=O) groups is 3. The maximum Gasteiger partial charge on any atom is 0.362 e. The number of amides is 2. The molecule has 3 heterocycles. The number of nitrogen functional groups attached to an aromatic ring is 2. The second-order valence-electron chi connectivity index (χ2n) is 7.51. The number of aromatic nitrogens is 3. The summed E-state index contributed by atoms with van der Waals surface area (Å²) >= 11 is 0.960. The van der Waals surface area contributed by atoms with Crippen LogP contribution in [0.3, 0.4) is 0 Å². The summed E-state index contributed by atoms with van der Waals surface area (Å²) in [5.74, 6) is -3.40. The molecule has 0 saturated carbocycles. The van der Waals surface area contributed by atoms with Crippen molar-refractivity contribution in [3.63, 3.8) is 0 Å². The molecule has 1 saturated heterocycles. The van der Waals surface area contributed by atoms with Crippen LogP contribution < -0.4 is 16.8 Å². The number of carbonyl (C=O) groups excluding carboxylic acids is 2. The minimum atomic E-state index is -4.94. The van der Waals surface area contributed by atoms with Crippen LogP contribution in [0.15, 0.2) is 22.8 Å². The van der Waals surface area contributed by atoms with E-state index in [-0.39, 0.29) is 27.5 Å². The molecule has 2 unspecified atom stereocenters. The number of hydrogen-bond donors (Lipinski definition) is 5. The summed E-state index contributed by atoms with van der Waals surface area (Å²) in [4.78, 5) is 45.6. The van der Waals surface area contributed by atoms with Crippen molar-refractivity contribution < 1.29 is 37.3 Å². The maximum absolute atomic E-state index is 13.0. The Hall–Kier alpha value is -3.77. The third-order valence-corrected chi connectivity index (χ3v) is 6.22. The first-order chi connectivity index (χ1) is 15.7. The second-order valence-corrected chi connectivity index (χ2v) is 9.69. The summed E-state index contributed by atoms with van der Waals surface area (Å²) in [5.41, 5.74) is 8.73. The van der Waals surface area contributed by atoms with Gasteiger partial charge >= 0.3 is 16.3 Å². The average molecular weight is 517 g/mol. The second kappa shape index (κ2) is 8.88. The third kappa shape index (κ3) is 5.07. The summed E-state index contributed by atoms with van der Waals surface area (Å²) < 4.78 is 34.2. The first-order valence-electron chi connectivity index (χ1n) is 9.32. The molecule has 34 heavy (non-hydrogen) atoms. The van der Waals surface area contributed by atoms with Crippen LogP contribution in [0, 0.1) is 0 Å². The highest BCUT2D eigenvalue weighted by Crippen LogP contribution is 2.25. The van der Waals surface area contributed by atoms with E-state index in [4.69, 9.17) is 16.3 Å². The van der Waals surface area contributed by atoms with Gasteiger partial charge in [0.25, 0.3) is 11.8 Å². The number of thiazole rings is 1. The van der Waals surface area contributed by atoms with Gasteiger partial charge in [-0.2, -0.15) is 13.5 Å². The topological polar surface area (TPSA) is 245 Å². The first-order valence-corrected chi connectivity index (χ1v) is 11.6. The zero-order valence-corrected chi connectivity index (χ0v) is 19.3. The van der Waals surface area contributed by atoms with Crippen molar-refractivity contribution in [2.24, 2.45) is 5.16 Å². The Morgan fingerprint density at radius 3 is 2.56 bits per heavy atom. The van der Waals surface area contributed by atoms with Crippen molar-refractivity contribution in [2.75, 3.05) is 11.5 Å². The van der Waals surface area contributed by atoms with E-state index in [2.05, 4.69) is 20.6 Å². The normalized spacial score (nSPS) is 19.0. The lowest BCUT2D eigenvalue weighted by Gasteiger charge is -2.44. The lowest BCUT2D eigenvalue weighted by Crippen LogP contribution is -2.73. The largest absolute Gasteiger partial charge is 0.478 e. The number of nitrogens with one attached hydrogen (secondary N) is 1. The van der Waals surface area contributed by atoms with E-state index in [0.29, 0.717) is 0 Å². The van der Waals surface area contributed by atoms with Crippen molar-refractivity contribution >= 4 is 56.1 Å². The highest BCUT2D eigenvalue weighted by Gasteiger charge is 2.54. The molecule has 1 aliphatic rings. The molecule has 18 heteroatoms. The number of hydrogen-bond acceptors (Lipinski definition) is 12. The molecule has 0 aromatic carbocycles. The van der Waals surface area contributed by atoms with Gasteiger partial charge < -0.3 is 26.7 Å². The summed E-state index contributed by atoms with van der Waals surface area (Å²) in [6.07, 6.45) is 1.41. The molecule has 0 radical (unpaired) electrons. The molecule has 0 bridgehead atoms. The molecular formula is C16H20N8O8S2. The minimum Gasteiger partial charge on any atom is -0.478 e. The van der Waals surface area contributed by atoms with Gasteiger partial charge in [-0.25, -0.2) is 14.1 Å². The van der Waals surface area contributed by atoms with Crippen LogP contribution >= 0.6 is 11.3 Å². The smallest absolute Gasteiger partial charge is 0.362 e. The van der Waals surface area contributed by atoms with E-state index in [0.717, 1.165) is 11.3 Å². The van der Waals surface area contributed by atoms with Crippen LogP contribution in [0.1, 0.15) is 19.5 Å². The highest BCUT2D eigenvalue weighted by atomic mass is 32.2. The van der Waals surface area contributed by atoms with Crippen molar-refractivity contribution in [3.8, 4) is 0 Å². The van der Waals surface area contributed by atoms with E-state index < -0.39 is 51.5 Å². The Morgan fingerprint density at radius 2 is 2.06 bits per heavy atom. The molecule has 184 valence electrons. The van der Waals surface area contributed by atoms with Crippen LogP contribution in [0.25, 0.3) is 0 Å². The Morgan fingerprint density at radius 1 is 1.38 bits per heavy atom. The molecule has 1 aliphatic heterocycles. The van der Waals surface area contributed by atoms with Gasteiger partial charge in [0.15, 0.2) is 10.8 Å². The number of nitrogens with zero attached hydrogens (tertiary/aromatic N) is 5.